The Kier molecular flexibility index (Phi) is 5.00. The fourth-order valence-corrected chi connectivity index (χ4v) is 0.862. The largest absolute Gasteiger partial charge is 0.478 e. The van der Waals surface area contributed by atoms with Gasteiger partial charge >= 0.3 is 11.9 Å². The summed E-state index contributed by atoms with van der Waals surface area (Å²) in [6.07, 6.45) is 0.835. The van der Waals surface area contributed by atoms with E-state index in [2.05, 4.69) is 9.78 Å². The van der Waals surface area contributed by atoms with E-state index < -0.39 is 17.4 Å². The van der Waals surface area contributed by atoms with Crippen LogP contribution in [0.1, 0.15) is 27.7 Å². The molecule has 0 aromatic heterocycles. The fraction of sp³-hybridized carbons (Fsp3) is 0.600. The zero-order valence-corrected chi connectivity index (χ0v) is 9.36. The lowest BCUT2D eigenvalue weighted by Gasteiger charge is -2.19. The van der Waals surface area contributed by atoms with Gasteiger partial charge in [-0.15, -0.1) is 0 Å². The van der Waals surface area contributed by atoms with Crippen LogP contribution < -0.4 is 0 Å². The van der Waals surface area contributed by atoms with E-state index in [0.29, 0.717) is 0 Å². The van der Waals surface area contributed by atoms with Crippen molar-refractivity contribution < 1.29 is 24.5 Å². The molecule has 0 aromatic carbocycles. The Morgan fingerprint density at radius 2 is 1.87 bits per heavy atom. The second-order valence-electron chi connectivity index (χ2n) is 3.92. The Morgan fingerprint density at radius 1 is 1.33 bits per heavy atom. The quantitative estimate of drug-likeness (QED) is 0.438. The molecule has 0 spiro atoms. The van der Waals surface area contributed by atoms with Crippen molar-refractivity contribution in [3.05, 3.63) is 11.6 Å². The number of carboxylic acid groups (broad SMARTS) is 1. The second-order valence-corrected chi connectivity index (χ2v) is 3.92. The van der Waals surface area contributed by atoms with Crippen LogP contribution in [0.3, 0.4) is 0 Å². The number of aliphatic carboxylic acids is 1. The van der Waals surface area contributed by atoms with Crippen LogP contribution in [0.25, 0.3) is 0 Å². The first kappa shape index (κ1) is 13.6. The number of hydrogen-bond donors (Lipinski definition) is 1. The Morgan fingerprint density at radius 3 is 2.20 bits per heavy atom. The van der Waals surface area contributed by atoms with E-state index >= 15 is 0 Å². The molecular weight excluding hydrogens is 200 g/mol. The lowest BCUT2D eigenvalue weighted by atomic mass is 9.86. The number of carbonyl (C=O) groups is 2. The maximum Gasteiger partial charge on any atom is 0.369 e. The zero-order valence-electron chi connectivity index (χ0n) is 9.36. The highest BCUT2D eigenvalue weighted by Crippen LogP contribution is 2.26. The normalized spacial score (nSPS) is 12.4. The standard InChI is InChI=1S/C10H16O5/c1-5-14-15-9(13)7(6-8(11)12)10(2,3)4/h6H,5H2,1-4H3,(H,11,12)/b7-6-. The number of carbonyl (C=O) groups excluding carboxylic acids is 1. The number of carboxylic acids is 1. The van der Waals surface area contributed by atoms with Gasteiger partial charge in [0.15, 0.2) is 0 Å². The van der Waals surface area contributed by atoms with Crippen LogP contribution in [0, 0.1) is 5.41 Å². The average molecular weight is 216 g/mol. The fourth-order valence-electron chi connectivity index (χ4n) is 0.862. The average Bonchev–Trinajstić information content (AvgIpc) is 2.08. The van der Waals surface area contributed by atoms with Crippen LogP contribution in [0.15, 0.2) is 11.6 Å². The summed E-state index contributed by atoms with van der Waals surface area (Å²) in [6.45, 7) is 7.03. The molecule has 0 saturated carbocycles. The third kappa shape index (κ3) is 5.17. The van der Waals surface area contributed by atoms with Gasteiger partial charge in [0.05, 0.1) is 12.2 Å². The maximum absolute atomic E-state index is 11.4. The minimum Gasteiger partial charge on any atom is -0.478 e. The second kappa shape index (κ2) is 5.50. The topological polar surface area (TPSA) is 72.8 Å². The molecule has 0 unspecified atom stereocenters. The summed E-state index contributed by atoms with van der Waals surface area (Å²) in [5, 5.41) is 8.60. The Hall–Kier alpha value is -1.36. The first-order valence-corrected chi connectivity index (χ1v) is 4.58. The van der Waals surface area contributed by atoms with Gasteiger partial charge in [-0.25, -0.2) is 9.59 Å². The van der Waals surface area contributed by atoms with Crippen molar-refractivity contribution in [3.8, 4) is 0 Å². The minimum absolute atomic E-state index is 0.0588. The van der Waals surface area contributed by atoms with Gasteiger partial charge < -0.3 is 5.11 Å². The van der Waals surface area contributed by atoms with Crippen LogP contribution in [0.2, 0.25) is 0 Å². The Labute approximate surface area is 88.6 Å². The van der Waals surface area contributed by atoms with E-state index in [1.54, 1.807) is 27.7 Å². The molecular formula is C10H16O5. The molecule has 0 rings (SSSR count). The lowest BCUT2D eigenvalue weighted by molar-refractivity contribution is -0.266. The lowest BCUT2D eigenvalue weighted by Crippen LogP contribution is -2.21. The van der Waals surface area contributed by atoms with E-state index in [0.717, 1.165) is 6.08 Å². The molecule has 0 amide bonds. The molecule has 0 aliphatic heterocycles. The van der Waals surface area contributed by atoms with Gasteiger partial charge in [-0.2, -0.15) is 4.89 Å². The van der Waals surface area contributed by atoms with E-state index in [9.17, 15) is 9.59 Å². The monoisotopic (exact) mass is 216 g/mol. The summed E-state index contributed by atoms with van der Waals surface area (Å²) >= 11 is 0. The Bertz CT molecular complexity index is 272. The molecule has 0 fully saturated rings. The summed E-state index contributed by atoms with van der Waals surface area (Å²) in [5.74, 6) is -1.96. The first-order valence-electron chi connectivity index (χ1n) is 4.58. The summed E-state index contributed by atoms with van der Waals surface area (Å²) in [5.41, 5.74) is -0.546. The molecule has 1 N–H and O–H groups in total. The van der Waals surface area contributed by atoms with Crippen molar-refractivity contribution in [2.45, 2.75) is 27.7 Å². The molecule has 15 heavy (non-hydrogen) atoms. The summed E-state index contributed by atoms with van der Waals surface area (Å²) in [4.78, 5) is 30.8. The number of hydrogen-bond acceptors (Lipinski definition) is 4. The van der Waals surface area contributed by atoms with Gasteiger partial charge in [-0.3, -0.25) is 4.89 Å². The molecule has 0 aromatic rings. The predicted octanol–water partition coefficient (Wildman–Crippen LogP) is 1.54. The third-order valence-corrected chi connectivity index (χ3v) is 1.55. The summed E-state index contributed by atoms with van der Waals surface area (Å²) < 4.78 is 0. The zero-order chi connectivity index (χ0) is 12.1. The molecule has 0 saturated heterocycles. The van der Waals surface area contributed by atoms with Crippen LogP contribution in [-0.2, 0) is 19.4 Å². The highest BCUT2D eigenvalue weighted by molar-refractivity contribution is 5.96. The minimum atomic E-state index is -1.19. The molecule has 0 radical (unpaired) electrons. The number of rotatable bonds is 4. The van der Waals surface area contributed by atoms with Crippen LogP contribution in [0.4, 0.5) is 0 Å². The molecule has 5 heteroatoms. The smallest absolute Gasteiger partial charge is 0.369 e. The molecule has 5 nitrogen and oxygen atoms in total. The van der Waals surface area contributed by atoms with Gasteiger partial charge in [0.2, 0.25) is 0 Å². The van der Waals surface area contributed by atoms with E-state index in [1.165, 1.54) is 0 Å². The summed E-state index contributed by atoms with van der Waals surface area (Å²) in [6, 6.07) is 0. The molecule has 0 aliphatic carbocycles. The van der Waals surface area contributed by atoms with Crippen LogP contribution >= 0.6 is 0 Å². The van der Waals surface area contributed by atoms with Crippen molar-refractivity contribution in [3.63, 3.8) is 0 Å². The summed E-state index contributed by atoms with van der Waals surface area (Å²) in [7, 11) is 0. The van der Waals surface area contributed by atoms with Gasteiger partial charge in [0, 0.05) is 6.08 Å². The third-order valence-electron chi connectivity index (χ3n) is 1.55. The van der Waals surface area contributed by atoms with Gasteiger partial charge in [0.1, 0.15) is 0 Å². The highest BCUT2D eigenvalue weighted by Gasteiger charge is 2.27. The van der Waals surface area contributed by atoms with Crippen molar-refractivity contribution in [2.75, 3.05) is 6.61 Å². The van der Waals surface area contributed by atoms with Gasteiger partial charge in [0.25, 0.3) is 0 Å². The molecule has 0 aliphatic rings. The van der Waals surface area contributed by atoms with Crippen molar-refractivity contribution in [2.24, 2.45) is 5.41 Å². The van der Waals surface area contributed by atoms with E-state index in [4.69, 9.17) is 5.11 Å². The highest BCUT2D eigenvalue weighted by atomic mass is 17.2. The molecule has 0 atom stereocenters. The van der Waals surface area contributed by atoms with E-state index in [1.807, 2.05) is 0 Å². The van der Waals surface area contributed by atoms with Gasteiger partial charge in [-0.1, -0.05) is 20.8 Å². The van der Waals surface area contributed by atoms with Crippen molar-refractivity contribution >= 4 is 11.9 Å². The van der Waals surface area contributed by atoms with Gasteiger partial charge in [-0.05, 0) is 12.3 Å². The first-order chi connectivity index (χ1) is 6.79. The van der Waals surface area contributed by atoms with E-state index in [-0.39, 0.29) is 12.2 Å². The van der Waals surface area contributed by atoms with Crippen molar-refractivity contribution in [1.82, 2.24) is 0 Å². The predicted molar refractivity (Wildman–Crippen MR) is 52.9 cm³/mol. The van der Waals surface area contributed by atoms with Crippen molar-refractivity contribution in [1.29, 1.82) is 0 Å². The SMILES string of the molecule is CCOOC(=O)/C(=C/C(=O)O)C(C)(C)C. The van der Waals surface area contributed by atoms with Crippen LogP contribution in [-0.4, -0.2) is 23.7 Å². The maximum atomic E-state index is 11.4. The Balaban J connectivity index is 4.81. The van der Waals surface area contributed by atoms with Crippen LogP contribution in [0.5, 0.6) is 0 Å². The molecule has 0 heterocycles. The molecule has 0 bridgehead atoms. The molecule has 86 valence electrons.